The summed E-state index contributed by atoms with van der Waals surface area (Å²) in [7, 11) is -4.65. The second-order valence-corrected chi connectivity index (χ2v) is 22.6. The Morgan fingerprint density at radius 3 is 1.50 bits per heavy atom. The summed E-state index contributed by atoms with van der Waals surface area (Å²) in [6, 6.07) is 29.5. The van der Waals surface area contributed by atoms with E-state index >= 15 is 0 Å². The van der Waals surface area contributed by atoms with Gasteiger partial charge in [0.2, 0.25) is 0 Å². The van der Waals surface area contributed by atoms with Gasteiger partial charge in [-0.2, -0.15) is 0 Å². The van der Waals surface area contributed by atoms with Crippen LogP contribution in [0.1, 0.15) is 135 Å². The van der Waals surface area contributed by atoms with Crippen molar-refractivity contribution in [2.24, 2.45) is 0 Å². The van der Waals surface area contributed by atoms with Gasteiger partial charge in [0.05, 0.1) is 36.4 Å². The normalized spacial score (nSPS) is 12.8. The molecule has 8 bridgehead atoms. The average Bonchev–Trinajstić information content (AvgIpc) is 4.45. The van der Waals surface area contributed by atoms with Gasteiger partial charge in [0.25, 0.3) is 7.82 Å². The quantitative estimate of drug-likeness (QED) is 0.0162. The maximum Gasteiger partial charge on any atom is 2.00 e. The van der Waals surface area contributed by atoms with Crippen molar-refractivity contribution in [2.45, 2.75) is 141 Å². The van der Waals surface area contributed by atoms with Gasteiger partial charge in [0, 0.05) is 64.2 Å². The molecule has 2 aliphatic heterocycles. The van der Waals surface area contributed by atoms with Gasteiger partial charge in [-0.25, -0.2) is 9.97 Å². The number of phosphoric ester groups is 1. The minimum atomic E-state index is -4.65. The molecule has 4 N–H and O–H groups in total. The van der Waals surface area contributed by atoms with Crippen LogP contribution < -0.4 is 30.6 Å². The first-order chi connectivity index (χ1) is 40.7. The molecule has 440 valence electrons. The molecule has 0 saturated carbocycles. The summed E-state index contributed by atoms with van der Waals surface area (Å²) in [6.45, 7) is 3.42. The van der Waals surface area contributed by atoms with E-state index < -0.39 is 32.5 Å². The van der Waals surface area contributed by atoms with Crippen molar-refractivity contribution in [3.63, 3.8) is 0 Å². The van der Waals surface area contributed by atoms with Crippen molar-refractivity contribution in [3.8, 4) is 51.3 Å². The number of hydrogen-bond acceptors (Lipinski definition) is 16. The second kappa shape index (κ2) is 32.8. The number of rotatable bonds is 35. The summed E-state index contributed by atoms with van der Waals surface area (Å²) < 4.78 is 39.2. The van der Waals surface area contributed by atoms with Crippen molar-refractivity contribution in [3.05, 3.63) is 91.0 Å². The molecule has 84 heavy (non-hydrogen) atoms. The molecule has 9 rings (SSSR count). The summed E-state index contributed by atoms with van der Waals surface area (Å²) in [5, 5.41) is 6.83. The van der Waals surface area contributed by atoms with Gasteiger partial charge >= 0.3 is 31.4 Å². The zero-order valence-electron chi connectivity index (χ0n) is 48.4. The minimum absolute atomic E-state index is 0. The molecule has 3 aromatic heterocycles. The minimum Gasteiger partial charge on any atom is -0.756 e. The predicted octanol–water partition coefficient (Wildman–Crippen LogP) is 11.1. The van der Waals surface area contributed by atoms with E-state index in [1.54, 1.807) is 0 Å². The second-order valence-electron chi connectivity index (χ2n) is 21.2. The molecule has 2 aliphatic rings. The Kier molecular flexibility index (Phi) is 24.8. The van der Waals surface area contributed by atoms with E-state index in [2.05, 4.69) is 18.0 Å². The molecular formula is C63H77N10O9PZn. The number of benzene rings is 4. The van der Waals surface area contributed by atoms with Gasteiger partial charge in [-0.05, 0) is 65.6 Å². The summed E-state index contributed by atoms with van der Waals surface area (Å²) in [5.41, 5.74) is 8.78. The van der Waals surface area contributed by atoms with E-state index in [-0.39, 0.29) is 52.1 Å². The molecule has 2 unspecified atom stereocenters. The molecular weight excluding hydrogens is 1140 g/mol. The zero-order valence-corrected chi connectivity index (χ0v) is 52.3. The van der Waals surface area contributed by atoms with E-state index in [4.69, 9.17) is 63.1 Å². The number of ether oxygens (including phenoxy) is 3. The molecule has 0 radical (unpaired) electrons. The zero-order chi connectivity index (χ0) is 57.6. The van der Waals surface area contributed by atoms with Crippen molar-refractivity contribution >= 4 is 63.9 Å². The van der Waals surface area contributed by atoms with Gasteiger partial charge in [0.15, 0.2) is 6.10 Å². The number of nitrogens with zero attached hydrogens (tertiary/aromatic N) is 8. The molecule has 4 aromatic carbocycles. The molecule has 19 nitrogen and oxygen atoms in total. The van der Waals surface area contributed by atoms with Crippen molar-refractivity contribution < 1.29 is 67.5 Å². The van der Waals surface area contributed by atoms with Crippen LogP contribution >= 0.6 is 7.82 Å². The smallest absolute Gasteiger partial charge is 0.756 e. The number of quaternary nitrogens is 1. The largest absolute Gasteiger partial charge is 2.00 e. The Morgan fingerprint density at radius 1 is 0.536 bits per heavy atom. The third kappa shape index (κ3) is 18.1. The first-order valence-corrected chi connectivity index (χ1v) is 31.3. The number of fused-ring (bicyclic) bond motifs is 20. The molecule has 0 fully saturated rings. The van der Waals surface area contributed by atoms with Gasteiger partial charge in [-0.15, -0.1) is 0 Å². The third-order valence-electron chi connectivity index (χ3n) is 14.7. The fourth-order valence-electron chi connectivity index (χ4n) is 10.3. The average molecular weight is 1210 g/mol. The Bertz CT molecular complexity index is 3500. The number of esters is 2. The van der Waals surface area contributed by atoms with Crippen LogP contribution in [0.5, 0.6) is 5.75 Å². The number of carbonyl (C=O) groups is 2. The number of hydrogen-bond donors (Lipinski definition) is 2. The number of unbranched alkanes of at least 4 members (excludes halogenated alkanes) is 16. The van der Waals surface area contributed by atoms with Crippen LogP contribution in [0.2, 0.25) is 0 Å². The van der Waals surface area contributed by atoms with E-state index in [1.807, 2.05) is 91.0 Å². The SMILES string of the molecule is CCCCCCCCCCCCCCC(=O)OCC(COP(=O)([O-])OCC[NH3+])OC(=O)CCCCCCCCNCCOc1ccc2c(c1)-c1nc-2nc2[n-]c(nc3nc(nc4[n-]c(n1)c1ccccc41)-c1ccccc1-3)c1ccccc21.[Zn+2]. The van der Waals surface area contributed by atoms with Gasteiger partial charge < -0.3 is 69.1 Å². The van der Waals surface area contributed by atoms with Crippen LogP contribution in [-0.4, -0.2) is 94.0 Å². The van der Waals surface area contributed by atoms with E-state index in [9.17, 15) is 19.0 Å². The maximum atomic E-state index is 12.8. The molecule has 0 spiro atoms. The van der Waals surface area contributed by atoms with Crippen LogP contribution in [0.4, 0.5) is 0 Å². The van der Waals surface area contributed by atoms with Crippen LogP contribution in [0.25, 0.3) is 89.7 Å². The Balaban J connectivity index is 0.00000920. The van der Waals surface area contributed by atoms with E-state index in [1.165, 1.54) is 51.4 Å². The maximum absolute atomic E-state index is 12.8. The standard InChI is InChI=1S/C63H77N10O9P.Zn/c1-2-3-4-5-6-7-8-9-10-11-14-17-32-54(74)79-42-45(43-81-83(76,77)80-39-36-64)82-55(75)33-18-15-12-13-16-25-37-65-38-40-78-44-34-35-52-53(41-44)63-72-61-51-31-24-23-30-50(51)59(70-61)68-57-47-27-20-19-26-46(47)56(66-57)67-58-48-28-21-22-29-49(48)60(69-58)71-62(52)73-63;/h19-24,26-31,34-35,41,45,65H,2-18,25,32-33,36-40,42-43,64H2,1H3,(H-2,66,67,68,69,70,71,72,73,76,77);/q-2;+2. The first kappa shape index (κ1) is 63.7. The van der Waals surface area contributed by atoms with Crippen molar-refractivity contribution in [1.29, 1.82) is 0 Å². The molecule has 0 saturated heterocycles. The first-order valence-electron chi connectivity index (χ1n) is 29.9. The Labute approximate surface area is 503 Å². The number of carbonyl (C=O) groups excluding carboxylic acids is 2. The number of aromatic nitrogens is 8. The molecule has 5 heterocycles. The van der Waals surface area contributed by atoms with E-state index in [0.717, 1.165) is 102 Å². The Hall–Kier alpha value is -6.37. The molecule has 0 amide bonds. The number of phosphoric acid groups is 1. The fourth-order valence-corrected chi connectivity index (χ4v) is 11.1. The molecule has 2 atom stereocenters. The van der Waals surface area contributed by atoms with E-state index in [0.29, 0.717) is 77.6 Å². The monoisotopic (exact) mass is 1210 g/mol. The third-order valence-corrected chi connectivity index (χ3v) is 15.7. The summed E-state index contributed by atoms with van der Waals surface area (Å²) in [5.74, 6) is 1.66. The van der Waals surface area contributed by atoms with Gasteiger partial charge in [0.1, 0.15) is 25.6 Å². The van der Waals surface area contributed by atoms with Gasteiger partial charge in [-0.3, -0.25) is 14.2 Å². The fraction of sp³-hybridized carbons (Fsp3) is 0.460. The Morgan fingerprint density at radius 2 is 0.988 bits per heavy atom. The van der Waals surface area contributed by atoms with Gasteiger partial charge in [-0.1, -0.05) is 176 Å². The van der Waals surface area contributed by atoms with Crippen LogP contribution in [0.15, 0.2) is 91.0 Å². The summed E-state index contributed by atoms with van der Waals surface area (Å²) in [6.07, 6.45) is 18.9. The topological polar surface area (TPSA) is 266 Å². The van der Waals surface area contributed by atoms with Crippen LogP contribution in [-0.2, 0) is 52.2 Å². The van der Waals surface area contributed by atoms with Crippen LogP contribution in [0, 0.1) is 0 Å². The predicted molar refractivity (Wildman–Crippen MR) is 318 cm³/mol. The summed E-state index contributed by atoms with van der Waals surface area (Å²) in [4.78, 5) is 77.7. The van der Waals surface area contributed by atoms with Crippen molar-refractivity contribution in [1.82, 2.24) is 45.2 Å². The molecule has 7 aromatic rings. The van der Waals surface area contributed by atoms with Crippen molar-refractivity contribution in [2.75, 3.05) is 46.1 Å². The number of nitrogens with one attached hydrogen (secondary N) is 1. The molecule has 0 aliphatic carbocycles. The summed E-state index contributed by atoms with van der Waals surface area (Å²) >= 11 is 0. The van der Waals surface area contributed by atoms with Crippen LogP contribution in [0.3, 0.4) is 0 Å². The molecule has 21 heteroatoms.